The molecule has 0 aliphatic rings. The molecule has 0 unspecified atom stereocenters. The van der Waals surface area contributed by atoms with Gasteiger partial charge >= 0.3 is 5.84 Å². The van der Waals surface area contributed by atoms with Crippen molar-refractivity contribution in [3.05, 3.63) is 54.4 Å². The molecule has 0 spiro atoms. The number of benzene rings is 1. The number of anilines is 1. The van der Waals surface area contributed by atoms with Crippen molar-refractivity contribution in [2.45, 2.75) is 0 Å². The van der Waals surface area contributed by atoms with Crippen molar-refractivity contribution in [3.63, 3.8) is 0 Å². The zero-order valence-corrected chi connectivity index (χ0v) is 13.0. The van der Waals surface area contributed by atoms with E-state index in [4.69, 9.17) is 10.2 Å². The van der Waals surface area contributed by atoms with Crippen molar-refractivity contribution in [1.82, 2.24) is 29.2 Å². The largest absolute Gasteiger partial charge is 0.432 e. The highest BCUT2D eigenvalue weighted by Gasteiger charge is 2.22. The van der Waals surface area contributed by atoms with Gasteiger partial charge in [-0.15, -0.1) is 10.2 Å². The molecule has 0 radical (unpaired) electrons. The molecule has 4 aromatic heterocycles. The van der Waals surface area contributed by atoms with Crippen LogP contribution in [-0.4, -0.2) is 29.2 Å². The van der Waals surface area contributed by atoms with Crippen LogP contribution in [0, 0.1) is 11.6 Å². The number of oxazole rings is 1. The third-order valence-electron chi connectivity index (χ3n) is 3.98. The van der Waals surface area contributed by atoms with E-state index in [1.807, 2.05) is 0 Å². The number of hydrogen-bond acceptors (Lipinski definition) is 6. The molecule has 0 bridgehead atoms. The van der Waals surface area contributed by atoms with Gasteiger partial charge < -0.3 is 10.2 Å². The zero-order chi connectivity index (χ0) is 17.8. The van der Waals surface area contributed by atoms with Crippen molar-refractivity contribution in [3.8, 4) is 22.6 Å². The molecule has 0 saturated carbocycles. The smallest absolute Gasteiger partial charge is 0.306 e. The molecule has 10 heteroatoms. The molecule has 0 atom stereocenters. The van der Waals surface area contributed by atoms with Gasteiger partial charge in [-0.2, -0.15) is 14.6 Å². The average Bonchev–Trinajstić information content (AvgIpc) is 3.29. The van der Waals surface area contributed by atoms with Crippen LogP contribution in [0.4, 0.5) is 14.7 Å². The molecule has 128 valence electrons. The van der Waals surface area contributed by atoms with E-state index in [2.05, 4.69) is 20.3 Å². The average molecular weight is 353 g/mol. The molecule has 5 rings (SSSR count). The van der Waals surface area contributed by atoms with Gasteiger partial charge in [-0.1, -0.05) is 0 Å². The second kappa shape index (κ2) is 5.09. The number of aromatic nitrogens is 6. The fourth-order valence-corrected chi connectivity index (χ4v) is 2.83. The maximum Gasteiger partial charge on any atom is 0.306 e. The van der Waals surface area contributed by atoms with Crippen LogP contribution < -0.4 is 5.73 Å². The SMILES string of the molecule is Nc1nnc2ccc(-c3c(-c4ccc(F)cc4F)nc4occn34)nn12. The van der Waals surface area contributed by atoms with E-state index in [0.29, 0.717) is 17.0 Å². The summed E-state index contributed by atoms with van der Waals surface area (Å²) in [6, 6.07) is 6.65. The van der Waals surface area contributed by atoms with Gasteiger partial charge in [0, 0.05) is 17.8 Å². The predicted molar refractivity (Wildman–Crippen MR) is 87.0 cm³/mol. The summed E-state index contributed by atoms with van der Waals surface area (Å²) in [7, 11) is 0. The minimum atomic E-state index is -0.739. The molecule has 0 aliphatic heterocycles. The van der Waals surface area contributed by atoms with Gasteiger partial charge in [0.25, 0.3) is 0 Å². The Morgan fingerprint density at radius 1 is 1.08 bits per heavy atom. The zero-order valence-electron chi connectivity index (χ0n) is 13.0. The number of imidazole rings is 1. The summed E-state index contributed by atoms with van der Waals surface area (Å²) in [6.07, 6.45) is 3.08. The number of nitrogens with two attached hydrogens (primary N) is 1. The predicted octanol–water partition coefficient (Wildman–Crippen LogP) is 2.56. The number of halogens is 2. The number of nitrogens with zero attached hydrogens (tertiary/aromatic N) is 6. The third-order valence-corrected chi connectivity index (χ3v) is 3.98. The summed E-state index contributed by atoms with van der Waals surface area (Å²) in [6.45, 7) is 0. The topological polar surface area (TPSA) is 99.5 Å². The minimum absolute atomic E-state index is 0.115. The first kappa shape index (κ1) is 14.5. The highest BCUT2D eigenvalue weighted by Crippen LogP contribution is 2.33. The van der Waals surface area contributed by atoms with E-state index < -0.39 is 11.6 Å². The van der Waals surface area contributed by atoms with Crippen LogP contribution in [0.25, 0.3) is 34.1 Å². The molecular formula is C16H9F2N7O. The van der Waals surface area contributed by atoms with Crippen LogP contribution in [0.1, 0.15) is 0 Å². The number of fused-ring (bicyclic) bond motifs is 2. The van der Waals surface area contributed by atoms with Crippen molar-refractivity contribution < 1.29 is 13.2 Å². The van der Waals surface area contributed by atoms with Crippen LogP contribution in [0.3, 0.4) is 0 Å². The second-order valence-corrected chi connectivity index (χ2v) is 5.54. The van der Waals surface area contributed by atoms with E-state index in [0.717, 1.165) is 12.1 Å². The van der Waals surface area contributed by atoms with Crippen LogP contribution in [0.2, 0.25) is 0 Å². The molecule has 26 heavy (non-hydrogen) atoms. The molecule has 0 amide bonds. The fraction of sp³-hybridized carbons (Fsp3) is 0. The lowest BCUT2D eigenvalue weighted by Gasteiger charge is -2.05. The molecule has 5 aromatic rings. The van der Waals surface area contributed by atoms with Crippen molar-refractivity contribution >= 4 is 17.4 Å². The lowest BCUT2D eigenvalue weighted by Crippen LogP contribution is -2.01. The summed E-state index contributed by atoms with van der Waals surface area (Å²) < 4.78 is 35.9. The molecule has 0 fully saturated rings. The molecule has 8 nitrogen and oxygen atoms in total. The van der Waals surface area contributed by atoms with Crippen molar-refractivity contribution in [2.75, 3.05) is 5.73 Å². The van der Waals surface area contributed by atoms with E-state index in [1.54, 1.807) is 22.7 Å². The number of hydrogen-bond donors (Lipinski definition) is 1. The molecule has 1 aromatic carbocycles. The summed E-state index contributed by atoms with van der Waals surface area (Å²) >= 11 is 0. The first-order chi connectivity index (χ1) is 12.6. The molecule has 0 saturated heterocycles. The highest BCUT2D eigenvalue weighted by molar-refractivity contribution is 5.80. The number of nitrogen functional groups attached to an aromatic ring is 1. The van der Waals surface area contributed by atoms with E-state index in [9.17, 15) is 8.78 Å². The first-order valence-corrected chi connectivity index (χ1v) is 7.51. The van der Waals surface area contributed by atoms with E-state index in [1.165, 1.54) is 16.8 Å². The van der Waals surface area contributed by atoms with Crippen LogP contribution in [0.5, 0.6) is 0 Å². The first-order valence-electron chi connectivity index (χ1n) is 7.51. The molecular weight excluding hydrogens is 344 g/mol. The minimum Gasteiger partial charge on any atom is -0.432 e. The Labute approximate surface area is 143 Å². The Kier molecular flexibility index (Phi) is 2.84. The standard InChI is InChI=1S/C16H9F2N7O/c17-8-1-2-9(10(18)7-8)13-14(24-5-6-26-16(24)20-13)11-3-4-12-21-22-15(19)25(12)23-11/h1-7H,(H2,19,22). The Balaban J connectivity index is 1.83. The van der Waals surface area contributed by atoms with Gasteiger partial charge in [-0.25, -0.2) is 8.78 Å². The van der Waals surface area contributed by atoms with E-state index >= 15 is 0 Å². The van der Waals surface area contributed by atoms with Crippen LogP contribution in [0.15, 0.2) is 47.2 Å². The fourth-order valence-electron chi connectivity index (χ4n) is 2.83. The third kappa shape index (κ3) is 1.98. The highest BCUT2D eigenvalue weighted by atomic mass is 19.1. The quantitative estimate of drug-likeness (QED) is 0.524. The monoisotopic (exact) mass is 353 g/mol. The van der Waals surface area contributed by atoms with Gasteiger partial charge in [0.2, 0.25) is 5.95 Å². The Morgan fingerprint density at radius 2 is 1.96 bits per heavy atom. The maximum atomic E-state index is 14.3. The number of rotatable bonds is 2. The summed E-state index contributed by atoms with van der Waals surface area (Å²) in [5, 5.41) is 12.0. The van der Waals surface area contributed by atoms with Crippen molar-refractivity contribution in [1.29, 1.82) is 0 Å². The van der Waals surface area contributed by atoms with Gasteiger partial charge in [-0.3, -0.25) is 4.40 Å². The molecule has 0 aliphatic carbocycles. The Hall–Kier alpha value is -3.82. The van der Waals surface area contributed by atoms with Crippen LogP contribution in [-0.2, 0) is 0 Å². The summed E-state index contributed by atoms with van der Waals surface area (Å²) in [5.74, 6) is -1.05. The van der Waals surface area contributed by atoms with Gasteiger partial charge in [-0.05, 0) is 24.3 Å². The Bertz CT molecular complexity index is 1290. The van der Waals surface area contributed by atoms with E-state index in [-0.39, 0.29) is 23.0 Å². The second-order valence-electron chi connectivity index (χ2n) is 5.54. The van der Waals surface area contributed by atoms with Gasteiger partial charge in [0.15, 0.2) is 5.65 Å². The maximum absolute atomic E-state index is 14.3. The van der Waals surface area contributed by atoms with Crippen LogP contribution >= 0.6 is 0 Å². The van der Waals surface area contributed by atoms with Gasteiger partial charge in [0.1, 0.15) is 35.0 Å². The summed E-state index contributed by atoms with van der Waals surface area (Å²) in [4.78, 5) is 4.32. The normalized spacial score (nSPS) is 11.6. The molecule has 4 heterocycles. The lowest BCUT2D eigenvalue weighted by molar-refractivity contribution is 0.585. The summed E-state index contributed by atoms with van der Waals surface area (Å²) in [5.41, 5.74) is 7.53. The molecule has 2 N–H and O–H groups in total. The lowest BCUT2D eigenvalue weighted by atomic mass is 10.1. The van der Waals surface area contributed by atoms with Gasteiger partial charge in [0.05, 0.1) is 0 Å². The Morgan fingerprint density at radius 3 is 2.81 bits per heavy atom. The van der Waals surface area contributed by atoms with Crippen molar-refractivity contribution in [2.24, 2.45) is 0 Å².